The van der Waals surface area contributed by atoms with Crippen molar-refractivity contribution in [1.82, 2.24) is 10.0 Å². The van der Waals surface area contributed by atoms with Crippen LogP contribution in [0.1, 0.15) is 11.1 Å². The molecule has 0 saturated heterocycles. The zero-order valence-corrected chi connectivity index (χ0v) is 15.7. The van der Waals surface area contributed by atoms with Gasteiger partial charge in [-0.25, -0.2) is 18.1 Å². The third-order valence-electron chi connectivity index (χ3n) is 3.79. The maximum Gasteiger partial charge on any atom is 0.240 e. The van der Waals surface area contributed by atoms with E-state index in [1.165, 1.54) is 13.1 Å². The van der Waals surface area contributed by atoms with Crippen molar-refractivity contribution in [3.05, 3.63) is 59.7 Å². The highest BCUT2D eigenvalue weighted by molar-refractivity contribution is 7.89. The van der Waals surface area contributed by atoms with Crippen molar-refractivity contribution < 1.29 is 13.2 Å². The molecule has 26 heavy (non-hydrogen) atoms. The lowest BCUT2D eigenvalue weighted by molar-refractivity contribution is 0.414. The first-order valence-electron chi connectivity index (χ1n) is 8.14. The van der Waals surface area contributed by atoms with Crippen LogP contribution in [0.4, 0.5) is 0 Å². The number of aliphatic imine (C=N–C) groups is 1. The van der Waals surface area contributed by atoms with E-state index in [0.29, 0.717) is 19.0 Å². The lowest BCUT2D eigenvalue weighted by Gasteiger charge is -2.07. The zero-order valence-electron chi connectivity index (χ0n) is 14.9. The fourth-order valence-electron chi connectivity index (χ4n) is 2.29. The first-order chi connectivity index (χ1) is 12.4. The Morgan fingerprint density at radius 1 is 1.15 bits per heavy atom. The summed E-state index contributed by atoms with van der Waals surface area (Å²) in [5.41, 5.74) is 7.80. The molecule has 2 rings (SSSR count). The largest absolute Gasteiger partial charge is 0.497 e. The molecule has 0 fully saturated rings. The fraction of sp³-hybridized carbons (Fsp3) is 0.278. The predicted octanol–water partition coefficient (Wildman–Crippen LogP) is 1.25. The minimum atomic E-state index is -3.46. The molecule has 8 heteroatoms. The SMILES string of the molecule is CNS(=O)(=O)c1cccc(CN=C(N)NCCc2ccc(OC)cc2)c1. The van der Waals surface area contributed by atoms with E-state index < -0.39 is 10.0 Å². The van der Waals surface area contributed by atoms with Gasteiger partial charge in [0.1, 0.15) is 5.75 Å². The Hall–Kier alpha value is -2.58. The Balaban J connectivity index is 1.87. The molecular weight excluding hydrogens is 352 g/mol. The Morgan fingerprint density at radius 3 is 2.54 bits per heavy atom. The lowest BCUT2D eigenvalue weighted by Crippen LogP contribution is -2.33. The van der Waals surface area contributed by atoms with Gasteiger partial charge in [-0.1, -0.05) is 24.3 Å². The number of nitrogens with two attached hydrogens (primary N) is 1. The predicted molar refractivity (Wildman–Crippen MR) is 103 cm³/mol. The third-order valence-corrected chi connectivity index (χ3v) is 5.20. The highest BCUT2D eigenvalue weighted by Crippen LogP contribution is 2.12. The monoisotopic (exact) mass is 376 g/mol. The molecule has 0 aliphatic rings. The lowest BCUT2D eigenvalue weighted by atomic mass is 10.1. The summed E-state index contributed by atoms with van der Waals surface area (Å²) in [7, 11) is -0.447. The molecular formula is C18H24N4O3S. The van der Waals surface area contributed by atoms with Crippen LogP contribution in [0.2, 0.25) is 0 Å². The Morgan fingerprint density at radius 2 is 1.88 bits per heavy atom. The number of nitrogens with one attached hydrogen (secondary N) is 2. The van der Waals surface area contributed by atoms with Gasteiger partial charge in [0.25, 0.3) is 0 Å². The first-order valence-corrected chi connectivity index (χ1v) is 9.62. The molecule has 0 aromatic heterocycles. The van der Waals surface area contributed by atoms with Crippen LogP contribution in [-0.4, -0.2) is 35.1 Å². The zero-order chi connectivity index (χ0) is 19.0. The smallest absolute Gasteiger partial charge is 0.240 e. The number of hydrogen-bond donors (Lipinski definition) is 3. The maximum absolute atomic E-state index is 11.8. The van der Waals surface area contributed by atoms with Crippen LogP contribution in [0.25, 0.3) is 0 Å². The number of methoxy groups -OCH3 is 1. The molecule has 0 unspecified atom stereocenters. The van der Waals surface area contributed by atoms with Crippen molar-refractivity contribution in [2.75, 3.05) is 20.7 Å². The third kappa shape index (κ3) is 5.75. The minimum Gasteiger partial charge on any atom is -0.497 e. The van der Waals surface area contributed by atoms with Crippen LogP contribution in [0.3, 0.4) is 0 Å². The number of rotatable bonds is 8. The summed E-state index contributed by atoms with van der Waals surface area (Å²) in [6.07, 6.45) is 0.802. The number of benzene rings is 2. The topological polar surface area (TPSA) is 106 Å². The standard InChI is InChI=1S/C18H24N4O3S/c1-20-26(23,24)17-5-3-4-15(12-17)13-22-18(19)21-11-10-14-6-8-16(25-2)9-7-14/h3-9,12,20H,10-11,13H2,1-2H3,(H3,19,21,22). The quantitative estimate of drug-likeness (QED) is 0.475. The number of ether oxygens (including phenoxy) is 1. The van der Waals surface area contributed by atoms with Gasteiger partial charge in [-0.2, -0.15) is 0 Å². The van der Waals surface area contributed by atoms with Crippen LogP contribution in [0, 0.1) is 0 Å². The molecule has 0 saturated carbocycles. The van der Waals surface area contributed by atoms with Gasteiger partial charge in [0.2, 0.25) is 10.0 Å². The highest BCUT2D eigenvalue weighted by Gasteiger charge is 2.11. The van der Waals surface area contributed by atoms with Crippen LogP contribution in [0.15, 0.2) is 58.4 Å². The summed E-state index contributed by atoms with van der Waals surface area (Å²) < 4.78 is 31.0. The second kappa shape index (κ2) is 9.21. The fourth-order valence-corrected chi connectivity index (χ4v) is 3.09. The molecule has 0 amide bonds. The van der Waals surface area contributed by atoms with E-state index in [0.717, 1.165) is 23.3 Å². The van der Waals surface area contributed by atoms with Crippen molar-refractivity contribution in [2.45, 2.75) is 17.9 Å². The molecule has 4 N–H and O–H groups in total. The van der Waals surface area contributed by atoms with Crippen LogP contribution in [-0.2, 0) is 23.0 Å². The Labute approximate surface area is 154 Å². The summed E-state index contributed by atoms with van der Waals surface area (Å²) in [6.45, 7) is 0.949. The average molecular weight is 376 g/mol. The number of sulfonamides is 1. The van der Waals surface area contributed by atoms with Crippen molar-refractivity contribution in [1.29, 1.82) is 0 Å². The molecule has 140 valence electrons. The van der Waals surface area contributed by atoms with E-state index in [1.807, 2.05) is 30.3 Å². The van der Waals surface area contributed by atoms with Gasteiger partial charge >= 0.3 is 0 Å². The molecule has 0 bridgehead atoms. The van der Waals surface area contributed by atoms with Gasteiger partial charge in [0.15, 0.2) is 5.96 Å². The van der Waals surface area contributed by atoms with Gasteiger partial charge in [0, 0.05) is 6.54 Å². The molecule has 0 aliphatic heterocycles. The van der Waals surface area contributed by atoms with Crippen molar-refractivity contribution in [3.63, 3.8) is 0 Å². The molecule has 7 nitrogen and oxygen atoms in total. The van der Waals surface area contributed by atoms with E-state index in [9.17, 15) is 8.42 Å². The average Bonchev–Trinajstić information content (AvgIpc) is 2.67. The van der Waals surface area contributed by atoms with Crippen molar-refractivity contribution in [2.24, 2.45) is 10.7 Å². The second-order valence-electron chi connectivity index (χ2n) is 5.58. The number of guanidine groups is 1. The van der Waals surface area contributed by atoms with E-state index in [1.54, 1.807) is 19.2 Å². The number of hydrogen-bond acceptors (Lipinski definition) is 4. The molecule has 0 atom stereocenters. The van der Waals surface area contributed by atoms with Crippen LogP contribution in [0.5, 0.6) is 5.75 Å². The molecule has 0 radical (unpaired) electrons. The van der Waals surface area contributed by atoms with E-state index in [-0.39, 0.29) is 4.90 Å². The van der Waals surface area contributed by atoms with Gasteiger partial charge in [-0.05, 0) is 48.9 Å². The van der Waals surface area contributed by atoms with Gasteiger partial charge < -0.3 is 15.8 Å². The summed E-state index contributed by atoms with van der Waals surface area (Å²) in [5.74, 6) is 1.14. The van der Waals surface area contributed by atoms with Gasteiger partial charge in [0.05, 0.1) is 18.6 Å². The van der Waals surface area contributed by atoms with Gasteiger partial charge in [-0.3, -0.25) is 0 Å². The van der Waals surface area contributed by atoms with Crippen LogP contribution >= 0.6 is 0 Å². The normalized spacial score (nSPS) is 12.0. The van der Waals surface area contributed by atoms with Crippen LogP contribution < -0.4 is 20.5 Å². The van der Waals surface area contributed by atoms with E-state index in [2.05, 4.69) is 15.0 Å². The highest BCUT2D eigenvalue weighted by atomic mass is 32.2. The van der Waals surface area contributed by atoms with Crippen molar-refractivity contribution in [3.8, 4) is 5.75 Å². The molecule has 2 aromatic rings. The Kier molecular flexibility index (Phi) is 6.99. The maximum atomic E-state index is 11.8. The summed E-state index contributed by atoms with van der Waals surface area (Å²) in [6, 6.07) is 14.4. The minimum absolute atomic E-state index is 0.207. The molecule has 0 heterocycles. The molecule has 2 aromatic carbocycles. The van der Waals surface area contributed by atoms with Crippen molar-refractivity contribution >= 4 is 16.0 Å². The second-order valence-corrected chi connectivity index (χ2v) is 7.47. The molecule has 0 aliphatic carbocycles. The summed E-state index contributed by atoms with van der Waals surface area (Å²) >= 11 is 0. The Bertz CT molecular complexity index is 849. The number of nitrogens with zero attached hydrogens (tertiary/aromatic N) is 1. The van der Waals surface area contributed by atoms with Gasteiger partial charge in [-0.15, -0.1) is 0 Å². The molecule has 0 spiro atoms. The summed E-state index contributed by atoms with van der Waals surface area (Å²) in [5, 5.41) is 3.05. The van der Waals surface area contributed by atoms with E-state index in [4.69, 9.17) is 10.5 Å². The van der Waals surface area contributed by atoms with E-state index >= 15 is 0 Å². The first kappa shape index (κ1) is 19.7. The summed E-state index contributed by atoms with van der Waals surface area (Å²) in [4.78, 5) is 4.46.